The van der Waals surface area contributed by atoms with E-state index in [1.54, 1.807) is 6.92 Å². The molecule has 27 heavy (non-hydrogen) atoms. The molecule has 0 N–H and O–H groups in total. The van der Waals surface area contributed by atoms with Gasteiger partial charge in [-0.2, -0.15) is 9.97 Å². The van der Waals surface area contributed by atoms with Gasteiger partial charge in [-0.1, -0.05) is 40.6 Å². The van der Waals surface area contributed by atoms with Crippen molar-refractivity contribution in [2.75, 3.05) is 6.54 Å². The van der Waals surface area contributed by atoms with Gasteiger partial charge in [-0.05, 0) is 26.2 Å². The fourth-order valence-corrected chi connectivity index (χ4v) is 3.35. The van der Waals surface area contributed by atoms with Gasteiger partial charge in [0.1, 0.15) is 6.04 Å². The second kappa shape index (κ2) is 7.69. The van der Waals surface area contributed by atoms with E-state index in [1.165, 1.54) is 0 Å². The van der Waals surface area contributed by atoms with Crippen LogP contribution in [0, 0.1) is 6.92 Å². The third kappa shape index (κ3) is 3.89. The maximum atomic E-state index is 12.8. The van der Waals surface area contributed by atoms with Crippen LogP contribution in [0.25, 0.3) is 11.4 Å². The molecule has 1 aliphatic rings. The number of piperidine rings is 1. The summed E-state index contributed by atoms with van der Waals surface area (Å²) in [5.41, 5.74) is 0.890. The Morgan fingerprint density at radius 3 is 2.78 bits per heavy atom. The molecule has 1 aliphatic heterocycles. The zero-order valence-electron chi connectivity index (χ0n) is 15.2. The van der Waals surface area contributed by atoms with Gasteiger partial charge in [0, 0.05) is 24.9 Å². The van der Waals surface area contributed by atoms with E-state index in [1.807, 2.05) is 35.2 Å². The largest absolute Gasteiger partial charge is 0.339 e. The first kappa shape index (κ1) is 17.4. The van der Waals surface area contributed by atoms with Crippen molar-refractivity contribution in [3.8, 4) is 11.4 Å². The molecule has 1 amide bonds. The number of carbonyl (C=O) groups is 1. The summed E-state index contributed by atoms with van der Waals surface area (Å²) in [6.07, 6.45) is 3.57. The van der Waals surface area contributed by atoms with Crippen molar-refractivity contribution in [1.82, 2.24) is 25.2 Å². The Morgan fingerprint density at radius 2 is 2.00 bits per heavy atom. The molecular formula is C19H21N5O3. The maximum Gasteiger partial charge on any atom is 0.249 e. The Hall–Kier alpha value is -3.03. The normalized spacial score (nSPS) is 17.2. The van der Waals surface area contributed by atoms with Crippen LogP contribution in [0.1, 0.15) is 49.3 Å². The maximum absolute atomic E-state index is 12.8. The molecule has 4 rings (SSSR count). The average molecular weight is 367 g/mol. The lowest BCUT2D eigenvalue weighted by atomic mass is 10.0. The first-order valence-corrected chi connectivity index (χ1v) is 9.18. The molecule has 3 aromatic rings. The Kier molecular flexibility index (Phi) is 4.95. The number of aryl methyl sites for hydroxylation is 2. The highest BCUT2D eigenvalue weighted by molar-refractivity contribution is 5.76. The molecule has 0 unspecified atom stereocenters. The zero-order valence-corrected chi connectivity index (χ0v) is 15.2. The number of amides is 1. The molecule has 0 spiro atoms. The van der Waals surface area contributed by atoms with E-state index in [-0.39, 0.29) is 11.9 Å². The van der Waals surface area contributed by atoms with Crippen LogP contribution in [-0.4, -0.2) is 37.6 Å². The summed E-state index contributed by atoms with van der Waals surface area (Å²) in [7, 11) is 0. The van der Waals surface area contributed by atoms with Crippen LogP contribution in [0.4, 0.5) is 0 Å². The SMILES string of the molecule is Cc1noc([C@@H]2CCCCN2C(=O)CCc2nc(-c3ccccc3)no2)n1. The molecule has 8 nitrogen and oxygen atoms in total. The van der Waals surface area contributed by atoms with Gasteiger partial charge in [0.15, 0.2) is 5.82 Å². The van der Waals surface area contributed by atoms with Crippen LogP contribution in [0.3, 0.4) is 0 Å². The van der Waals surface area contributed by atoms with Gasteiger partial charge in [-0.15, -0.1) is 0 Å². The molecule has 0 aliphatic carbocycles. The Labute approximate surface area is 156 Å². The summed E-state index contributed by atoms with van der Waals surface area (Å²) in [6, 6.07) is 9.47. The summed E-state index contributed by atoms with van der Waals surface area (Å²) in [5.74, 6) is 2.14. The van der Waals surface area contributed by atoms with Crippen LogP contribution in [0.2, 0.25) is 0 Å². The molecule has 2 aromatic heterocycles. The first-order valence-electron chi connectivity index (χ1n) is 9.18. The van der Waals surface area contributed by atoms with E-state index in [2.05, 4.69) is 20.3 Å². The fraction of sp³-hybridized carbons (Fsp3) is 0.421. The van der Waals surface area contributed by atoms with Gasteiger partial charge >= 0.3 is 0 Å². The van der Waals surface area contributed by atoms with E-state index in [4.69, 9.17) is 9.05 Å². The molecule has 0 bridgehead atoms. The lowest BCUT2D eigenvalue weighted by Gasteiger charge is -2.33. The molecular weight excluding hydrogens is 346 g/mol. The number of rotatable bonds is 5. The molecule has 1 fully saturated rings. The van der Waals surface area contributed by atoms with E-state index in [0.717, 1.165) is 24.8 Å². The molecule has 0 radical (unpaired) electrons. The lowest BCUT2D eigenvalue weighted by Crippen LogP contribution is -2.38. The van der Waals surface area contributed by atoms with E-state index >= 15 is 0 Å². The van der Waals surface area contributed by atoms with Crippen molar-refractivity contribution in [1.29, 1.82) is 0 Å². The molecule has 3 heterocycles. The Balaban J connectivity index is 1.40. The number of nitrogens with zero attached hydrogens (tertiary/aromatic N) is 5. The molecule has 1 saturated heterocycles. The molecule has 140 valence electrons. The number of benzene rings is 1. The molecule has 1 atom stereocenters. The van der Waals surface area contributed by atoms with Crippen LogP contribution in [0.15, 0.2) is 39.4 Å². The first-order chi connectivity index (χ1) is 13.2. The summed E-state index contributed by atoms with van der Waals surface area (Å²) in [5, 5.41) is 7.85. The van der Waals surface area contributed by atoms with Crippen molar-refractivity contribution in [3.63, 3.8) is 0 Å². The average Bonchev–Trinajstić information content (AvgIpc) is 3.36. The van der Waals surface area contributed by atoms with E-state index in [9.17, 15) is 4.79 Å². The van der Waals surface area contributed by atoms with Crippen LogP contribution < -0.4 is 0 Å². The summed E-state index contributed by atoms with van der Waals surface area (Å²) in [6.45, 7) is 2.48. The van der Waals surface area contributed by atoms with Gasteiger partial charge < -0.3 is 13.9 Å². The van der Waals surface area contributed by atoms with E-state index in [0.29, 0.717) is 42.8 Å². The monoisotopic (exact) mass is 367 g/mol. The zero-order chi connectivity index (χ0) is 18.6. The fourth-order valence-electron chi connectivity index (χ4n) is 3.35. The van der Waals surface area contributed by atoms with Gasteiger partial charge in [-0.3, -0.25) is 4.79 Å². The Morgan fingerprint density at radius 1 is 1.15 bits per heavy atom. The summed E-state index contributed by atoms with van der Waals surface area (Å²) in [4.78, 5) is 23.3. The Bertz CT molecular complexity index is 905. The smallest absolute Gasteiger partial charge is 0.249 e. The third-order valence-electron chi connectivity index (χ3n) is 4.70. The van der Waals surface area contributed by atoms with Crippen molar-refractivity contribution in [2.24, 2.45) is 0 Å². The van der Waals surface area contributed by atoms with Crippen LogP contribution >= 0.6 is 0 Å². The summed E-state index contributed by atoms with van der Waals surface area (Å²) >= 11 is 0. The van der Waals surface area contributed by atoms with Crippen molar-refractivity contribution in [3.05, 3.63) is 47.9 Å². The highest BCUT2D eigenvalue weighted by Gasteiger charge is 2.31. The minimum atomic E-state index is -0.144. The molecule has 8 heteroatoms. The van der Waals surface area contributed by atoms with Gasteiger partial charge in [0.25, 0.3) is 0 Å². The number of aromatic nitrogens is 4. The minimum Gasteiger partial charge on any atom is -0.339 e. The van der Waals surface area contributed by atoms with Crippen molar-refractivity contribution < 1.29 is 13.8 Å². The van der Waals surface area contributed by atoms with Gasteiger partial charge in [0.2, 0.25) is 23.5 Å². The highest BCUT2D eigenvalue weighted by atomic mass is 16.5. The quantitative estimate of drug-likeness (QED) is 0.683. The summed E-state index contributed by atoms with van der Waals surface area (Å²) < 4.78 is 10.6. The molecule has 1 aromatic carbocycles. The van der Waals surface area contributed by atoms with Crippen molar-refractivity contribution in [2.45, 2.75) is 45.1 Å². The predicted molar refractivity (Wildman–Crippen MR) is 95.4 cm³/mol. The van der Waals surface area contributed by atoms with Gasteiger partial charge in [0.05, 0.1) is 0 Å². The third-order valence-corrected chi connectivity index (χ3v) is 4.70. The number of likely N-dealkylation sites (tertiary alicyclic amines) is 1. The number of carbonyl (C=O) groups excluding carboxylic acids is 1. The van der Waals surface area contributed by atoms with Crippen LogP contribution in [-0.2, 0) is 11.2 Å². The minimum absolute atomic E-state index is 0.0371. The second-order valence-corrected chi connectivity index (χ2v) is 6.66. The second-order valence-electron chi connectivity index (χ2n) is 6.66. The molecule has 0 saturated carbocycles. The number of hydrogen-bond acceptors (Lipinski definition) is 7. The topological polar surface area (TPSA) is 98.2 Å². The number of hydrogen-bond donors (Lipinski definition) is 0. The van der Waals surface area contributed by atoms with Crippen LogP contribution in [0.5, 0.6) is 0 Å². The van der Waals surface area contributed by atoms with Crippen molar-refractivity contribution >= 4 is 5.91 Å². The predicted octanol–water partition coefficient (Wildman–Crippen LogP) is 3.11. The lowest BCUT2D eigenvalue weighted by molar-refractivity contribution is -0.135. The van der Waals surface area contributed by atoms with E-state index < -0.39 is 0 Å². The van der Waals surface area contributed by atoms with Gasteiger partial charge in [-0.25, -0.2) is 0 Å². The standard InChI is InChI=1S/C19H21N5O3/c1-13-20-19(27-22-13)15-9-5-6-12-24(15)17(25)11-10-16-21-18(23-26-16)14-7-3-2-4-8-14/h2-4,7-8,15H,5-6,9-12H2,1H3/t15-/m0/s1. The highest BCUT2D eigenvalue weighted by Crippen LogP contribution is 2.30.